The lowest BCUT2D eigenvalue weighted by Crippen LogP contribution is -2.48. The Balaban J connectivity index is 1.87. The van der Waals surface area contributed by atoms with Gasteiger partial charge in [-0.3, -0.25) is 4.79 Å². The molecule has 0 aliphatic carbocycles. The molecule has 5 nitrogen and oxygen atoms in total. The smallest absolute Gasteiger partial charge is 0.316 e. The summed E-state index contributed by atoms with van der Waals surface area (Å²) in [6.07, 6.45) is -4.44. The maximum atomic E-state index is 12.9. The Kier molecular flexibility index (Phi) is 4.55. The van der Waals surface area contributed by atoms with E-state index in [1.54, 1.807) is 13.0 Å². The Hall–Kier alpha value is -2.35. The Morgan fingerprint density at radius 1 is 1.36 bits per heavy atom. The fraction of sp³-hybridized carbons (Fsp3) is 0.412. The molecular weight excluding hydrogens is 333 g/mol. The van der Waals surface area contributed by atoms with Crippen molar-refractivity contribution in [3.8, 4) is 5.69 Å². The van der Waals surface area contributed by atoms with Crippen molar-refractivity contribution < 1.29 is 18.0 Å². The number of aryl methyl sites for hydroxylation is 1. The summed E-state index contributed by atoms with van der Waals surface area (Å²) in [7, 11) is 0. The number of hydrogen-bond donors (Lipinski definition) is 2. The second-order valence-corrected chi connectivity index (χ2v) is 6.33. The molecule has 1 aromatic heterocycles. The van der Waals surface area contributed by atoms with Crippen LogP contribution in [0.1, 0.15) is 18.2 Å². The molecule has 25 heavy (non-hydrogen) atoms. The predicted molar refractivity (Wildman–Crippen MR) is 87.5 cm³/mol. The minimum atomic E-state index is -4.44. The second kappa shape index (κ2) is 6.51. The highest BCUT2D eigenvalue weighted by Crippen LogP contribution is 2.31. The first kappa shape index (κ1) is 17.5. The number of benzene rings is 1. The molecular formula is C17H19F3N4O. The number of carbonyl (C=O) groups is 1. The van der Waals surface area contributed by atoms with Crippen molar-refractivity contribution in [1.82, 2.24) is 15.1 Å². The molecule has 134 valence electrons. The zero-order valence-electron chi connectivity index (χ0n) is 13.9. The third kappa shape index (κ3) is 3.68. The Bertz CT molecular complexity index is 780. The van der Waals surface area contributed by atoms with Crippen molar-refractivity contribution in [2.24, 2.45) is 11.8 Å². The highest BCUT2D eigenvalue weighted by molar-refractivity contribution is 5.92. The first-order valence-corrected chi connectivity index (χ1v) is 8.01. The molecule has 3 rings (SSSR count). The summed E-state index contributed by atoms with van der Waals surface area (Å²) in [6, 6.07) is 6.51. The van der Waals surface area contributed by atoms with Crippen molar-refractivity contribution in [2.75, 3.05) is 18.4 Å². The van der Waals surface area contributed by atoms with E-state index in [1.165, 1.54) is 16.8 Å². The van der Waals surface area contributed by atoms with Gasteiger partial charge in [0, 0.05) is 12.0 Å². The van der Waals surface area contributed by atoms with Crippen LogP contribution < -0.4 is 10.6 Å². The number of nitrogens with zero attached hydrogens (tertiary/aromatic N) is 2. The van der Waals surface area contributed by atoms with E-state index >= 15 is 0 Å². The van der Waals surface area contributed by atoms with Crippen molar-refractivity contribution in [3.63, 3.8) is 0 Å². The first-order chi connectivity index (χ1) is 11.8. The molecule has 1 saturated heterocycles. The number of nitrogens with one attached hydrogen (secondary N) is 2. The minimum Gasteiger partial charge on any atom is -0.316 e. The quantitative estimate of drug-likeness (QED) is 0.889. The number of aromatic nitrogens is 2. The van der Waals surface area contributed by atoms with Gasteiger partial charge in [0.05, 0.1) is 16.9 Å². The number of amides is 1. The predicted octanol–water partition coefficient (Wildman–Crippen LogP) is 2.99. The summed E-state index contributed by atoms with van der Waals surface area (Å²) >= 11 is 0. The van der Waals surface area contributed by atoms with Gasteiger partial charge in [-0.15, -0.1) is 0 Å². The Labute approximate surface area is 143 Å². The lowest BCUT2D eigenvalue weighted by atomic mass is 9.88. The summed E-state index contributed by atoms with van der Waals surface area (Å²) in [6.45, 7) is 5.15. The van der Waals surface area contributed by atoms with Crippen LogP contribution in [-0.2, 0) is 11.0 Å². The molecule has 1 unspecified atom stereocenters. The highest BCUT2D eigenvalue weighted by Gasteiger charge is 2.31. The molecule has 0 spiro atoms. The number of halogens is 3. The Morgan fingerprint density at radius 2 is 2.08 bits per heavy atom. The zero-order chi connectivity index (χ0) is 18.2. The topological polar surface area (TPSA) is 59.0 Å². The molecule has 0 bridgehead atoms. The van der Waals surface area contributed by atoms with Crippen LogP contribution in [0, 0.1) is 18.8 Å². The molecule has 2 aromatic rings. The van der Waals surface area contributed by atoms with Crippen LogP contribution in [0.5, 0.6) is 0 Å². The second-order valence-electron chi connectivity index (χ2n) is 6.33. The molecule has 1 atom stereocenters. The van der Waals surface area contributed by atoms with Crippen LogP contribution in [0.3, 0.4) is 0 Å². The summed E-state index contributed by atoms with van der Waals surface area (Å²) in [5.41, 5.74) is 0.0891. The van der Waals surface area contributed by atoms with E-state index < -0.39 is 11.7 Å². The van der Waals surface area contributed by atoms with E-state index in [4.69, 9.17) is 0 Å². The van der Waals surface area contributed by atoms with Crippen molar-refractivity contribution in [1.29, 1.82) is 0 Å². The molecule has 1 amide bonds. The first-order valence-electron chi connectivity index (χ1n) is 8.01. The number of anilines is 1. The van der Waals surface area contributed by atoms with Crippen LogP contribution in [0.4, 0.5) is 19.0 Å². The number of rotatable bonds is 4. The molecule has 1 aliphatic heterocycles. The SMILES string of the molecule is Cc1cc(NC(=O)C(C)C2CNC2)n(-c2cccc(C(F)(F)F)c2)n1. The van der Waals surface area contributed by atoms with E-state index in [2.05, 4.69) is 15.7 Å². The van der Waals surface area contributed by atoms with Gasteiger partial charge in [0.1, 0.15) is 5.82 Å². The number of alkyl halides is 3. The van der Waals surface area contributed by atoms with Gasteiger partial charge in [-0.25, -0.2) is 4.68 Å². The van der Waals surface area contributed by atoms with Crippen LogP contribution in [0.15, 0.2) is 30.3 Å². The zero-order valence-corrected chi connectivity index (χ0v) is 13.9. The average Bonchev–Trinajstić information content (AvgIpc) is 2.85. The third-order valence-corrected chi connectivity index (χ3v) is 4.43. The number of hydrogen-bond acceptors (Lipinski definition) is 3. The van der Waals surface area contributed by atoms with Crippen molar-refractivity contribution in [2.45, 2.75) is 20.0 Å². The molecule has 8 heteroatoms. The number of carbonyl (C=O) groups excluding carboxylic acids is 1. The van der Waals surface area contributed by atoms with Crippen LogP contribution in [0.2, 0.25) is 0 Å². The molecule has 2 heterocycles. The van der Waals surface area contributed by atoms with E-state index in [0.29, 0.717) is 11.5 Å². The van der Waals surface area contributed by atoms with Crippen LogP contribution in [-0.4, -0.2) is 28.8 Å². The third-order valence-electron chi connectivity index (χ3n) is 4.43. The average molecular weight is 352 g/mol. The van der Waals surface area contributed by atoms with Gasteiger partial charge in [-0.1, -0.05) is 13.0 Å². The minimum absolute atomic E-state index is 0.167. The van der Waals surface area contributed by atoms with Gasteiger partial charge in [0.25, 0.3) is 0 Å². The molecule has 1 fully saturated rings. The van der Waals surface area contributed by atoms with Gasteiger partial charge in [0.2, 0.25) is 5.91 Å². The van der Waals surface area contributed by atoms with E-state index in [9.17, 15) is 18.0 Å². The summed E-state index contributed by atoms with van der Waals surface area (Å²) in [4.78, 5) is 12.4. The van der Waals surface area contributed by atoms with Gasteiger partial charge in [-0.05, 0) is 44.1 Å². The maximum Gasteiger partial charge on any atom is 0.416 e. The van der Waals surface area contributed by atoms with E-state index in [1.807, 2.05) is 6.92 Å². The summed E-state index contributed by atoms with van der Waals surface area (Å²) in [5, 5.41) is 10.1. The molecule has 0 saturated carbocycles. The van der Waals surface area contributed by atoms with Gasteiger partial charge in [-0.2, -0.15) is 18.3 Å². The van der Waals surface area contributed by atoms with Crippen LogP contribution in [0.25, 0.3) is 5.69 Å². The fourth-order valence-electron chi connectivity index (χ4n) is 2.72. The van der Waals surface area contributed by atoms with Crippen LogP contribution >= 0.6 is 0 Å². The summed E-state index contributed by atoms with van der Waals surface area (Å²) < 4.78 is 40.1. The molecule has 0 radical (unpaired) electrons. The van der Waals surface area contributed by atoms with Crippen molar-refractivity contribution in [3.05, 3.63) is 41.6 Å². The standard InChI is InChI=1S/C17H19F3N4O/c1-10-6-15(22-16(25)11(2)12-8-21-9-12)24(23-10)14-5-3-4-13(7-14)17(18,19)20/h3-7,11-12,21H,8-9H2,1-2H3,(H,22,25). The lowest BCUT2D eigenvalue weighted by molar-refractivity contribution is -0.137. The van der Waals surface area contributed by atoms with E-state index in [-0.39, 0.29) is 23.4 Å². The summed E-state index contributed by atoms with van der Waals surface area (Å²) in [5.74, 6) is 0.276. The lowest BCUT2D eigenvalue weighted by Gasteiger charge is -2.31. The largest absolute Gasteiger partial charge is 0.416 e. The molecule has 1 aliphatic rings. The van der Waals surface area contributed by atoms with E-state index in [0.717, 1.165) is 25.2 Å². The van der Waals surface area contributed by atoms with Gasteiger partial charge < -0.3 is 10.6 Å². The molecule has 1 aromatic carbocycles. The molecule has 2 N–H and O–H groups in total. The van der Waals surface area contributed by atoms with Gasteiger partial charge in [0.15, 0.2) is 0 Å². The normalized spacial score (nSPS) is 16.4. The van der Waals surface area contributed by atoms with Crippen molar-refractivity contribution >= 4 is 11.7 Å². The maximum absolute atomic E-state index is 12.9. The Morgan fingerprint density at radius 3 is 2.68 bits per heavy atom. The fourth-order valence-corrected chi connectivity index (χ4v) is 2.72. The highest BCUT2D eigenvalue weighted by atomic mass is 19.4. The monoisotopic (exact) mass is 352 g/mol. The van der Waals surface area contributed by atoms with Gasteiger partial charge >= 0.3 is 6.18 Å².